The number of nitrogens with one attached hydrogen (secondary N) is 1. The van der Waals surface area contributed by atoms with E-state index in [0.717, 1.165) is 0 Å². The first kappa shape index (κ1) is 21.2. The second-order valence-electron chi connectivity index (χ2n) is 6.64. The third kappa shape index (κ3) is 4.38. The molecule has 30 heavy (non-hydrogen) atoms. The Bertz CT molecular complexity index is 1090. The number of rotatable bonds is 8. The molecule has 3 rings (SSSR count). The number of fused-ring (bicyclic) bond motifs is 1. The number of pyridine rings is 1. The van der Waals surface area contributed by atoms with E-state index in [4.69, 9.17) is 14.2 Å². The number of aromatic nitrogens is 1. The standard InChI is InChI=1S/C22H24N2O6/c1-24-17-8-5-4-7-15(17)16(11-20(24)26)22(27)23-12-14(25)13-30-21-18(28-2)9-6-10-19(21)29-3/h4-11,14,25H,12-13H2,1-3H3,(H,23,27). The summed E-state index contributed by atoms with van der Waals surface area (Å²) in [5, 5.41) is 13.6. The SMILES string of the molecule is COc1cccc(OC)c1OCC(O)CNC(=O)c1cc(=O)n(C)c2ccccc12. The van der Waals surface area contributed by atoms with Crippen molar-refractivity contribution in [2.24, 2.45) is 7.05 Å². The van der Waals surface area contributed by atoms with Crippen LogP contribution in [0.1, 0.15) is 10.4 Å². The fraction of sp³-hybridized carbons (Fsp3) is 0.273. The molecule has 2 aromatic carbocycles. The van der Waals surface area contributed by atoms with Crippen LogP contribution in [0.15, 0.2) is 53.3 Å². The lowest BCUT2D eigenvalue weighted by molar-refractivity contribution is 0.0835. The molecule has 1 atom stereocenters. The molecule has 1 unspecified atom stereocenters. The molecule has 1 aromatic heterocycles. The summed E-state index contributed by atoms with van der Waals surface area (Å²) in [5.41, 5.74) is 0.626. The molecule has 0 spiro atoms. The molecule has 158 valence electrons. The van der Waals surface area contributed by atoms with Gasteiger partial charge in [-0.05, 0) is 18.2 Å². The maximum absolute atomic E-state index is 12.7. The van der Waals surface area contributed by atoms with E-state index in [2.05, 4.69) is 5.32 Å². The highest BCUT2D eigenvalue weighted by molar-refractivity contribution is 6.06. The van der Waals surface area contributed by atoms with Gasteiger partial charge in [-0.25, -0.2) is 0 Å². The highest BCUT2D eigenvalue weighted by atomic mass is 16.5. The lowest BCUT2D eigenvalue weighted by Gasteiger charge is -2.17. The number of benzene rings is 2. The maximum atomic E-state index is 12.7. The van der Waals surface area contributed by atoms with Gasteiger partial charge in [0.1, 0.15) is 12.7 Å². The van der Waals surface area contributed by atoms with Gasteiger partial charge in [0.25, 0.3) is 11.5 Å². The maximum Gasteiger partial charge on any atom is 0.252 e. The van der Waals surface area contributed by atoms with E-state index in [1.165, 1.54) is 24.9 Å². The van der Waals surface area contributed by atoms with Gasteiger partial charge in [0.2, 0.25) is 5.75 Å². The van der Waals surface area contributed by atoms with Crippen LogP contribution in [0.2, 0.25) is 0 Å². The largest absolute Gasteiger partial charge is 0.493 e. The minimum atomic E-state index is -0.985. The Morgan fingerprint density at radius 2 is 1.77 bits per heavy atom. The minimum absolute atomic E-state index is 0.0557. The van der Waals surface area contributed by atoms with Crippen LogP contribution < -0.4 is 25.1 Å². The normalized spacial score (nSPS) is 11.7. The zero-order valence-electron chi connectivity index (χ0n) is 17.0. The Morgan fingerprint density at radius 3 is 2.43 bits per heavy atom. The molecule has 0 aliphatic rings. The van der Waals surface area contributed by atoms with Gasteiger partial charge >= 0.3 is 0 Å². The Kier molecular flexibility index (Phi) is 6.58. The molecule has 0 saturated carbocycles. The van der Waals surface area contributed by atoms with E-state index in [9.17, 15) is 14.7 Å². The molecule has 0 radical (unpaired) electrons. The summed E-state index contributed by atoms with van der Waals surface area (Å²) < 4.78 is 17.6. The first-order chi connectivity index (χ1) is 14.5. The van der Waals surface area contributed by atoms with Crippen molar-refractivity contribution in [2.75, 3.05) is 27.4 Å². The quantitative estimate of drug-likeness (QED) is 0.585. The van der Waals surface area contributed by atoms with Crippen molar-refractivity contribution in [3.05, 3.63) is 64.4 Å². The van der Waals surface area contributed by atoms with E-state index in [-0.39, 0.29) is 24.3 Å². The van der Waals surface area contributed by atoms with Crippen molar-refractivity contribution >= 4 is 16.8 Å². The van der Waals surface area contributed by atoms with Crippen molar-refractivity contribution in [2.45, 2.75) is 6.10 Å². The zero-order chi connectivity index (χ0) is 21.7. The van der Waals surface area contributed by atoms with Crippen molar-refractivity contribution < 1.29 is 24.1 Å². The average Bonchev–Trinajstić information content (AvgIpc) is 2.78. The predicted molar refractivity (Wildman–Crippen MR) is 113 cm³/mol. The molecule has 8 nitrogen and oxygen atoms in total. The van der Waals surface area contributed by atoms with Gasteiger partial charge in [0, 0.05) is 25.0 Å². The highest BCUT2D eigenvalue weighted by Gasteiger charge is 2.17. The van der Waals surface area contributed by atoms with Crippen LogP contribution in [0.4, 0.5) is 0 Å². The molecular weight excluding hydrogens is 388 g/mol. The molecule has 0 saturated heterocycles. The lowest BCUT2D eigenvalue weighted by atomic mass is 10.1. The topological polar surface area (TPSA) is 99.0 Å². The van der Waals surface area contributed by atoms with Crippen molar-refractivity contribution in [3.63, 3.8) is 0 Å². The van der Waals surface area contributed by atoms with Crippen molar-refractivity contribution in [1.29, 1.82) is 0 Å². The van der Waals surface area contributed by atoms with Crippen LogP contribution >= 0.6 is 0 Å². The molecule has 8 heteroatoms. The summed E-state index contributed by atoms with van der Waals surface area (Å²) in [6, 6.07) is 13.6. The van der Waals surface area contributed by atoms with E-state index in [0.29, 0.717) is 28.2 Å². The van der Waals surface area contributed by atoms with Gasteiger partial charge < -0.3 is 29.2 Å². The number of aliphatic hydroxyl groups excluding tert-OH is 1. The summed E-state index contributed by atoms with van der Waals surface area (Å²) >= 11 is 0. The zero-order valence-corrected chi connectivity index (χ0v) is 17.0. The molecule has 1 amide bonds. The first-order valence-electron chi connectivity index (χ1n) is 9.35. The van der Waals surface area contributed by atoms with Gasteiger partial charge in [-0.15, -0.1) is 0 Å². The molecular formula is C22H24N2O6. The van der Waals surface area contributed by atoms with Gasteiger partial charge in [-0.2, -0.15) is 0 Å². The lowest BCUT2D eigenvalue weighted by Crippen LogP contribution is -2.36. The third-order valence-electron chi connectivity index (χ3n) is 4.70. The van der Waals surface area contributed by atoms with Crippen LogP contribution in [0, 0.1) is 0 Å². The monoisotopic (exact) mass is 412 g/mol. The summed E-state index contributed by atoms with van der Waals surface area (Å²) in [6.45, 7) is -0.145. The number of carbonyl (C=O) groups is 1. The second kappa shape index (κ2) is 9.32. The Labute approximate surface area is 173 Å². The van der Waals surface area contributed by atoms with Crippen molar-refractivity contribution in [3.8, 4) is 17.2 Å². The van der Waals surface area contributed by atoms with Crippen molar-refractivity contribution in [1.82, 2.24) is 9.88 Å². The Balaban J connectivity index is 1.67. The number of ether oxygens (including phenoxy) is 3. The number of para-hydroxylation sites is 2. The van der Waals surface area contributed by atoms with E-state index in [1.54, 1.807) is 49.5 Å². The number of hydrogen-bond acceptors (Lipinski definition) is 6. The number of methoxy groups -OCH3 is 2. The second-order valence-corrected chi connectivity index (χ2v) is 6.64. The van der Waals surface area contributed by atoms with Gasteiger partial charge in [0.05, 0.1) is 25.3 Å². The number of amides is 1. The summed E-state index contributed by atoms with van der Waals surface area (Å²) in [4.78, 5) is 24.8. The van der Waals surface area contributed by atoms with Crippen LogP contribution in [-0.4, -0.2) is 49.1 Å². The third-order valence-corrected chi connectivity index (χ3v) is 4.70. The fourth-order valence-electron chi connectivity index (χ4n) is 3.10. The van der Waals surface area contributed by atoms with Crippen LogP contribution in [0.3, 0.4) is 0 Å². The number of aryl methyl sites for hydroxylation is 1. The van der Waals surface area contributed by atoms with Gasteiger partial charge in [0.15, 0.2) is 11.5 Å². The van der Waals surface area contributed by atoms with E-state index in [1.807, 2.05) is 0 Å². The Hall–Kier alpha value is -3.52. The molecule has 0 aliphatic heterocycles. The van der Waals surface area contributed by atoms with Crippen LogP contribution in [0.5, 0.6) is 17.2 Å². The molecule has 3 aromatic rings. The first-order valence-corrected chi connectivity index (χ1v) is 9.35. The van der Waals surface area contributed by atoms with Gasteiger partial charge in [-0.1, -0.05) is 24.3 Å². The molecule has 0 bridgehead atoms. The van der Waals surface area contributed by atoms with Crippen LogP contribution in [-0.2, 0) is 7.05 Å². The number of aliphatic hydroxyl groups is 1. The summed E-state index contributed by atoms with van der Waals surface area (Å²) in [6.07, 6.45) is -0.985. The smallest absolute Gasteiger partial charge is 0.252 e. The predicted octanol–water partition coefficient (Wildman–Crippen LogP) is 1.73. The molecule has 0 aliphatic carbocycles. The van der Waals surface area contributed by atoms with Gasteiger partial charge in [-0.3, -0.25) is 9.59 Å². The Morgan fingerprint density at radius 1 is 1.10 bits per heavy atom. The summed E-state index contributed by atoms with van der Waals surface area (Å²) in [5.74, 6) is 0.859. The molecule has 2 N–H and O–H groups in total. The molecule has 1 heterocycles. The number of carbonyl (C=O) groups excluding carboxylic acids is 1. The van der Waals surface area contributed by atoms with Crippen LogP contribution in [0.25, 0.3) is 10.9 Å². The number of nitrogens with zero attached hydrogens (tertiary/aromatic N) is 1. The average molecular weight is 412 g/mol. The highest BCUT2D eigenvalue weighted by Crippen LogP contribution is 2.36. The van der Waals surface area contributed by atoms with E-state index < -0.39 is 12.0 Å². The minimum Gasteiger partial charge on any atom is -0.493 e. The van der Waals surface area contributed by atoms with E-state index >= 15 is 0 Å². The fourth-order valence-corrected chi connectivity index (χ4v) is 3.10. The summed E-state index contributed by atoms with van der Waals surface area (Å²) in [7, 11) is 4.67. The molecule has 0 fully saturated rings. The number of hydrogen-bond donors (Lipinski definition) is 2.